The summed E-state index contributed by atoms with van der Waals surface area (Å²) < 4.78 is 0. The molecule has 1 aliphatic rings. The van der Waals surface area contributed by atoms with Crippen molar-refractivity contribution in [2.24, 2.45) is 0 Å². The molecule has 12 heavy (non-hydrogen) atoms. The summed E-state index contributed by atoms with van der Waals surface area (Å²) in [5.41, 5.74) is 0. The third-order valence-corrected chi connectivity index (χ3v) is 1.85. The minimum Gasteiger partial charge on any atom is -0.480 e. The van der Waals surface area contributed by atoms with Gasteiger partial charge in [-0.25, -0.2) is 0 Å². The zero-order valence-corrected chi connectivity index (χ0v) is 6.90. The Balaban J connectivity index is 2.40. The molecule has 0 saturated carbocycles. The molecule has 0 aliphatic carbocycles. The Kier molecular flexibility index (Phi) is 3.25. The van der Waals surface area contributed by atoms with E-state index < -0.39 is 12.0 Å². The van der Waals surface area contributed by atoms with Crippen LogP contribution in [0.25, 0.3) is 0 Å². The Labute approximate surface area is 71.4 Å². The van der Waals surface area contributed by atoms with E-state index in [0.717, 1.165) is 6.42 Å². The maximum atomic E-state index is 10.6. The Morgan fingerprint density at radius 2 is 2.58 bits per heavy atom. The SMILES string of the molecule is C=CCON1CCC[C@@H]1C(=O)O. The number of nitrogens with zero attached hydrogens (tertiary/aromatic N) is 1. The predicted molar refractivity (Wildman–Crippen MR) is 43.5 cm³/mol. The van der Waals surface area contributed by atoms with Gasteiger partial charge in [-0.1, -0.05) is 6.08 Å². The van der Waals surface area contributed by atoms with Gasteiger partial charge >= 0.3 is 5.97 Å². The van der Waals surface area contributed by atoms with Crippen molar-refractivity contribution in [1.29, 1.82) is 0 Å². The van der Waals surface area contributed by atoms with Gasteiger partial charge in [0.25, 0.3) is 0 Å². The van der Waals surface area contributed by atoms with Gasteiger partial charge in [0, 0.05) is 6.54 Å². The van der Waals surface area contributed by atoms with Crippen LogP contribution in [0, 0.1) is 0 Å². The van der Waals surface area contributed by atoms with Crippen molar-refractivity contribution in [3.05, 3.63) is 12.7 Å². The van der Waals surface area contributed by atoms with E-state index in [-0.39, 0.29) is 0 Å². The van der Waals surface area contributed by atoms with E-state index in [0.29, 0.717) is 19.6 Å². The first kappa shape index (κ1) is 9.22. The largest absolute Gasteiger partial charge is 0.480 e. The van der Waals surface area contributed by atoms with E-state index in [1.165, 1.54) is 5.06 Å². The summed E-state index contributed by atoms with van der Waals surface area (Å²) >= 11 is 0. The molecule has 4 nitrogen and oxygen atoms in total. The average molecular weight is 171 g/mol. The molecule has 4 heteroatoms. The molecule has 0 bridgehead atoms. The molecule has 1 fully saturated rings. The third-order valence-electron chi connectivity index (χ3n) is 1.85. The second-order valence-electron chi connectivity index (χ2n) is 2.72. The number of carboxylic acid groups (broad SMARTS) is 1. The summed E-state index contributed by atoms with van der Waals surface area (Å²) in [5, 5.41) is 10.3. The molecule has 68 valence electrons. The highest BCUT2D eigenvalue weighted by atomic mass is 16.7. The molecule has 1 rings (SSSR count). The minimum atomic E-state index is -0.809. The molecule has 0 amide bonds. The summed E-state index contributed by atoms with van der Waals surface area (Å²) in [6.45, 7) is 4.57. The maximum absolute atomic E-state index is 10.6. The second-order valence-corrected chi connectivity index (χ2v) is 2.72. The van der Waals surface area contributed by atoms with E-state index in [1.807, 2.05) is 0 Å². The lowest BCUT2D eigenvalue weighted by Crippen LogP contribution is -2.35. The topological polar surface area (TPSA) is 49.8 Å². The van der Waals surface area contributed by atoms with E-state index in [9.17, 15) is 4.79 Å². The predicted octanol–water partition coefficient (Wildman–Crippen LogP) is 0.653. The van der Waals surface area contributed by atoms with Crippen molar-refractivity contribution in [3.63, 3.8) is 0 Å². The van der Waals surface area contributed by atoms with E-state index in [2.05, 4.69) is 6.58 Å². The van der Waals surface area contributed by atoms with Crippen LogP contribution in [0.1, 0.15) is 12.8 Å². The third kappa shape index (κ3) is 2.06. The normalized spacial score (nSPS) is 24.2. The molecule has 1 heterocycles. The average Bonchev–Trinajstić information content (AvgIpc) is 2.48. The molecule has 0 unspecified atom stereocenters. The van der Waals surface area contributed by atoms with Crippen LogP contribution < -0.4 is 0 Å². The standard InChI is InChI=1S/C8H13NO3/c1-2-6-12-9-5-3-4-7(9)8(10)11/h2,7H,1,3-6H2,(H,10,11)/t7-/m1/s1. The van der Waals surface area contributed by atoms with Gasteiger partial charge in [-0.3, -0.25) is 9.63 Å². The Morgan fingerprint density at radius 1 is 1.83 bits per heavy atom. The molecular weight excluding hydrogens is 158 g/mol. The Morgan fingerprint density at radius 3 is 3.17 bits per heavy atom. The first-order chi connectivity index (χ1) is 5.75. The van der Waals surface area contributed by atoms with Crippen molar-refractivity contribution in [3.8, 4) is 0 Å². The number of carboxylic acids is 1. The number of carbonyl (C=O) groups is 1. The zero-order chi connectivity index (χ0) is 8.97. The second kappa shape index (κ2) is 4.23. The summed E-state index contributed by atoms with van der Waals surface area (Å²) in [4.78, 5) is 15.8. The minimum absolute atomic E-state index is 0.379. The number of rotatable bonds is 4. The van der Waals surface area contributed by atoms with Gasteiger partial charge < -0.3 is 5.11 Å². The lowest BCUT2D eigenvalue weighted by molar-refractivity contribution is -0.180. The van der Waals surface area contributed by atoms with Crippen LogP contribution in [0.5, 0.6) is 0 Å². The lowest BCUT2D eigenvalue weighted by Gasteiger charge is -2.19. The van der Waals surface area contributed by atoms with Gasteiger partial charge in [0.1, 0.15) is 6.04 Å². The van der Waals surface area contributed by atoms with Crippen LogP contribution in [-0.4, -0.2) is 35.3 Å². The van der Waals surface area contributed by atoms with E-state index in [1.54, 1.807) is 6.08 Å². The van der Waals surface area contributed by atoms with Crippen LogP contribution in [0.3, 0.4) is 0 Å². The van der Waals surface area contributed by atoms with Crippen LogP contribution >= 0.6 is 0 Å². The fourth-order valence-corrected chi connectivity index (χ4v) is 1.29. The first-order valence-corrected chi connectivity index (χ1v) is 3.99. The molecule has 0 radical (unpaired) electrons. The van der Waals surface area contributed by atoms with Crippen LogP contribution in [0.4, 0.5) is 0 Å². The molecule has 1 atom stereocenters. The van der Waals surface area contributed by atoms with Crippen molar-refractivity contribution < 1.29 is 14.7 Å². The molecule has 0 aromatic rings. The molecule has 1 saturated heterocycles. The lowest BCUT2D eigenvalue weighted by atomic mass is 10.2. The highest BCUT2D eigenvalue weighted by Gasteiger charge is 2.30. The molecule has 0 aromatic carbocycles. The molecular formula is C8H13NO3. The highest BCUT2D eigenvalue weighted by molar-refractivity contribution is 5.73. The monoisotopic (exact) mass is 171 g/mol. The molecule has 1 N–H and O–H groups in total. The zero-order valence-electron chi connectivity index (χ0n) is 6.90. The smallest absolute Gasteiger partial charge is 0.323 e. The maximum Gasteiger partial charge on any atom is 0.323 e. The first-order valence-electron chi connectivity index (χ1n) is 3.99. The highest BCUT2D eigenvalue weighted by Crippen LogP contribution is 2.17. The Bertz CT molecular complexity index is 181. The van der Waals surface area contributed by atoms with Crippen molar-refractivity contribution >= 4 is 5.97 Å². The van der Waals surface area contributed by atoms with Crippen LogP contribution in [-0.2, 0) is 9.63 Å². The fraction of sp³-hybridized carbons (Fsp3) is 0.625. The van der Waals surface area contributed by atoms with Gasteiger partial charge in [0.15, 0.2) is 0 Å². The summed E-state index contributed by atoms with van der Waals surface area (Å²) in [7, 11) is 0. The molecule has 0 aromatic heterocycles. The van der Waals surface area contributed by atoms with Gasteiger partial charge in [-0.05, 0) is 12.8 Å². The number of aliphatic carboxylic acids is 1. The van der Waals surface area contributed by atoms with Gasteiger partial charge in [0.2, 0.25) is 0 Å². The van der Waals surface area contributed by atoms with Gasteiger partial charge in [-0.2, -0.15) is 5.06 Å². The summed E-state index contributed by atoms with van der Waals surface area (Å²) in [6.07, 6.45) is 3.16. The van der Waals surface area contributed by atoms with Gasteiger partial charge in [-0.15, -0.1) is 6.58 Å². The fourth-order valence-electron chi connectivity index (χ4n) is 1.29. The molecule has 1 aliphatic heterocycles. The number of hydrogen-bond donors (Lipinski definition) is 1. The van der Waals surface area contributed by atoms with Crippen molar-refractivity contribution in [2.75, 3.05) is 13.2 Å². The van der Waals surface area contributed by atoms with Crippen LogP contribution in [0.2, 0.25) is 0 Å². The summed E-state index contributed by atoms with van der Waals surface area (Å²) in [5.74, 6) is -0.809. The number of hydroxylamine groups is 2. The molecule has 0 spiro atoms. The number of hydrogen-bond acceptors (Lipinski definition) is 3. The van der Waals surface area contributed by atoms with Gasteiger partial charge in [0.05, 0.1) is 6.61 Å². The quantitative estimate of drug-likeness (QED) is 0.631. The van der Waals surface area contributed by atoms with E-state index in [4.69, 9.17) is 9.94 Å². The van der Waals surface area contributed by atoms with Crippen molar-refractivity contribution in [2.45, 2.75) is 18.9 Å². The van der Waals surface area contributed by atoms with E-state index >= 15 is 0 Å². The summed E-state index contributed by atoms with van der Waals surface area (Å²) in [6, 6.07) is -0.468. The van der Waals surface area contributed by atoms with Crippen LogP contribution in [0.15, 0.2) is 12.7 Å². The van der Waals surface area contributed by atoms with Crippen molar-refractivity contribution in [1.82, 2.24) is 5.06 Å². The Hall–Kier alpha value is -0.870.